The maximum atomic E-state index is 12.9. The first-order chi connectivity index (χ1) is 12.5. The third-order valence-corrected chi connectivity index (χ3v) is 4.94. The SMILES string of the molecule is Cc1c(C(=O)N2CCC(C)(C(=O)O)C2)cnn1-c1cccc(C(F)(F)F)c1. The van der Waals surface area contributed by atoms with E-state index in [2.05, 4.69) is 5.10 Å². The van der Waals surface area contributed by atoms with Gasteiger partial charge in [-0.25, -0.2) is 4.68 Å². The number of amides is 1. The van der Waals surface area contributed by atoms with Crippen LogP contribution in [0.2, 0.25) is 0 Å². The average molecular weight is 381 g/mol. The van der Waals surface area contributed by atoms with Gasteiger partial charge in [-0.15, -0.1) is 0 Å². The molecule has 0 spiro atoms. The molecule has 27 heavy (non-hydrogen) atoms. The molecule has 1 aliphatic rings. The van der Waals surface area contributed by atoms with Crippen LogP contribution in [0.5, 0.6) is 0 Å². The van der Waals surface area contributed by atoms with Gasteiger partial charge in [0, 0.05) is 13.1 Å². The molecule has 1 fully saturated rings. The highest BCUT2D eigenvalue weighted by Crippen LogP contribution is 2.32. The van der Waals surface area contributed by atoms with Crippen molar-refractivity contribution in [2.75, 3.05) is 13.1 Å². The van der Waals surface area contributed by atoms with Gasteiger partial charge < -0.3 is 10.0 Å². The molecular weight excluding hydrogens is 363 g/mol. The number of rotatable bonds is 3. The average Bonchev–Trinajstić information content (AvgIpc) is 3.18. The van der Waals surface area contributed by atoms with Crippen molar-refractivity contribution in [1.82, 2.24) is 14.7 Å². The number of carbonyl (C=O) groups excluding carboxylic acids is 1. The van der Waals surface area contributed by atoms with Crippen LogP contribution in [0.15, 0.2) is 30.5 Å². The van der Waals surface area contributed by atoms with Crippen molar-refractivity contribution >= 4 is 11.9 Å². The second-order valence-electron chi connectivity index (χ2n) is 6.95. The highest BCUT2D eigenvalue weighted by Gasteiger charge is 2.42. The van der Waals surface area contributed by atoms with Crippen LogP contribution < -0.4 is 0 Å². The quantitative estimate of drug-likeness (QED) is 0.886. The van der Waals surface area contributed by atoms with Gasteiger partial charge in [-0.3, -0.25) is 9.59 Å². The smallest absolute Gasteiger partial charge is 0.416 e. The van der Waals surface area contributed by atoms with Crippen molar-refractivity contribution in [3.05, 3.63) is 47.3 Å². The number of carboxylic acid groups (broad SMARTS) is 1. The largest absolute Gasteiger partial charge is 0.481 e. The molecule has 0 radical (unpaired) electrons. The second kappa shape index (κ2) is 6.40. The number of halogens is 3. The van der Waals surface area contributed by atoms with Crippen LogP contribution in [-0.2, 0) is 11.0 Å². The molecule has 2 heterocycles. The molecule has 1 amide bonds. The number of benzene rings is 1. The second-order valence-corrected chi connectivity index (χ2v) is 6.95. The van der Waals surface area contributed by atoms with Gasteiger partial charge in [-0.05, 0) is 38.5 Å². The molecule has 1 unspecified atom stereocenters. The fraction of sp³-hybridized carbons (Fsp3) is 0.389. The zero-order valence-corrected chi connectivity index (χ0v) is 14.7. The van der Waals surface area contributed by atoms with Gasteiger partial charge in [0.15, 0.2) is 0 Å². The Bertz CT molecular complexity index is 907. The Kier molecular flexibility index (Phi) is 4.49. The molecule has 1 atom stereocenters. The molecule has 0 saturated carbocycles. The fourth-order valence-corrected chi connectivity index (χ4v) is 3.17. The number of aliphatic carboxylic acids is 1. The molecule has 1 aliphatic heterocycles. The van der Waals surface area contributed by atoms with Gasteiger partial charge in [0.1, 0.15) is 0 Å². The Morgan fingerprint density at radius 3 is 2.59 bits per heavy atom. The molecular formula is C18H18F3N3O3. The Morgan fingerprint density at radius 2 is 2.00 bits per heavy atom. The van der Waals surface area contributed by atoms with Crippen molar-refractivity contribution in [2.45, 2.75) is 26.4 Å². The summed E-state index contributed by atoms with van der Waals surface area (Å²) in [4.78, 5) is 25.5. The lowest BCUT2D eigenvalue weighted by molar-refractivity contribution is -0.147. The van der Waals surface area contributed by atoms with Crippen molar-refractivity contribution in [3.8, 4) is 5.69 Å². The van der Waals surface area contributed by atoms with Gasteiger partial charge in [0.25, 0.3) is 5.91 Å². The van der Waals surface area contributed by atoms with Gasteiger partial charge in [-0.2, -0.15) is 18.3 Å². The number of carboxylic acids is 1. The van der Waals surface area contributed by atoms with E-state index in [1.54, 1.807) is 13.8 Å². The summed E-state index contributed by atoms with van der Waals surface area (Å²) in [5.41, 5.74) is -0.983. The van der Waals surface area contributed by atoms with E-state index in [0.29, 0.717) is 18.7 Å². The number of hydrogen-bond acceptors (Lipinski definition) is 3. The number of alkyl halides is 3. The lowest BCUT2D eigenvalue weighted by Crippen LogP contribution is -2.35. The number of likely N-dealkylation sites (tertiary alicyclic amines) is 1. The summed E-state index contributed by atoms with van der Waals surface area (Å²) in [6.45, 7) is 3.56. The van der Waals surface area contributed by atoms with Crippen LogP contribution in [0.25, 0.3) is 5.69 Å². The van der Waals surface area contributed by atoms with Crippen molar-refractivity contribution in [1.29, 1.82) is 0 Å². The van der Waals surface area contributed by atoms with Crippen LogP contribution in [0.4, 0.5) is 13.2 Å². The molecule has 1 aromatic heterocycles. The Morgan fingerprint density at radius 1 is 1.30 bits per heavy atom. The van der Waals surface area contributed by atoms with Crippen LogP contribution in [-0.4, -0.2) is 44.8 Å². The molecule has 0 aliphatic carbocycles. The summed E-state index contributed by atoms with van der Waals surface area (Å²) in [6, 6.07) is 4.68. The zero-order valence-electron chi connectivity index (χ0n) is 14.7. The standard InChI is InChI=1S/C18H18F3N3O3/c1-11-14(15(25)23-7-6-17(2,10-23)16(26)27)9-22-24(11)13-5-3-4-12(8-13)18(19,20)21/h3-5,8-9H,6-7,10H2,1-2H3,(H,26,27). The topological polar surface area (TPSA) is 75.4 Å². The first-order valence-corrected chi connectivity index (χ1v) is 8.28. The summed E-state index contributed by atoms with van der Waals surface area (Å²) < 4.78 is 40.0. The van der Waals surface area contributed by atoms with Gasteiger partial charge in [-0.1, -0.05) is 6.07 Å². The number of hydrogen-bond donors (Lipinski definition) is 1. The van der Waals surface area contributed by atoms with Gasteiger partial charge in [0.05, 0.1) is 34.1 Å². The molecule has 3 rings (SSSR count). The minimum absolute atomic E-state index is 0.0787. The highest BCUT2D eigenvalue weighted by atomic mass is 19.4. The normalized spacial score (nSPS) is 20.1. The van der Waals surface area contributed by atoms with E-state index >= 15 is 0 Å². The first-order valence-electron chi connectivity index (χ1n) is 8.28. The van der Waals surface area contributed by atoms with E-state index in [0.717, 1.165) is 12.1 Å². The fourth-order valence-electron chi connectivity index (χ4n) is 3.17. The maximum absolute atomic E-state index is 12.9. The van der Waals surface area contributed by atoms with Crippen molar-refractivity contribution in [3.63, 3.8) is 0 Å². The number of carbonyl (C=O) groups is 2. The monoisotopic (exact) mass is 381 g/mol. The van der Waals surface area contributed by atoms with E-state index in [1.807, 2.05) is 0 Å². The van der Waals surface area contributed by atoms with Crippen LogP contribution in [0.3, 0.4) is 0 Å². The van der Waals surface area contributed by atoms with E-state index < -0.39 is 23.1 Å². The van der Waals surface area contributed by atoms with Crippen molar-refractivity contribution in [2.24, 2.45) is 5.41 Å². The molecule has 1 N–H and O–H groups in total. The lowest BCUT2D eigenvalue weighted by atomic mass is 9.90. The van der Waals surface area contributed by atoms with E-state index in [9.17, 15) is 27.9 Å². The van der Waals surface area contributed by atoms with Crippen LogP contribution in [0.1, 0.15) is 35.0 Å². The highest BCUT2D eigenvalue weighted by molar-refractivity contribution is 5.96. The van der Waals surface area contributed by atoms with Crippen molar-refractivity contribution < 1.29 is 27.9 Å². The molecule has 0 bridgehead atoms. The molecule has 9 heteroatoms. The Balaban J connectivity index is 1.88. The number of aromatic nitrogens is 2. The van der Waals surface area contributed by atoms with Gasteiger partial charge in [0.2, 0.25) is 0 Å². The predicted molar refractivity (Wildman–Crippen MR) is 89.6 cm³/mol. The third-order valence-electron chi connectivity index (χ3n) is 4.94. The molecule has 1 saturated heterocycles. The summed E-state index contributed by atoms with van der Waals surface area (Å²) in [7, 11) is 0. The molecule has 2 aromatic rings. The zero-order chi connectivity index (χ0) is 20.0. The van der Waals surface area contributed by atoms with E-state index in [4.69, 9.17) is 0 Å². The maximum Gasteiger partial charge on any atom is 0.416 e. The number of nitrogens with zero attached hydrogens (tertiary/aromatic N) is 3. The molecule has 6 nitrogen and oxygen atoms in total. The third kappa shape index (κ3) is 3.41. The Labute approximate surface area is 153 Å². The van der Waals surface area contributed by atoms with Crippen LogP contribution in [0, 0.1) is 12.3 Å². The first kappa shape index (κ1) is 18.9. The summed E-state index contributed by atoms with van der Waals surface area (Å²) in [5, 5.41) is 13.4. The predicted octanol–water partition coefficient (Wildman–Crippen LogP) is 3.14. The minimum Gasteiger partial charge on any atom is -0.481 e. The van der Waals surface area contributed by atoms with E-state index in [-0.39, 0.29) is 23.7 Å². The van der Waals surface area contributed by atoms with Crippen LogP contribution >= 0.6 is 0 Å². The summed E-state index contributed by atoms with van der Waals surface area (Å²) in [6.07, 6.45) is -2.84. The molecule has 1 aromatic carbocycles. The summed E-state index contributed by atoms with van der Waals surface area (Å²) >= 11 is 0. The van der Waals surface area contributed by atoms with Gasteiger partial charge >= 0.3 is 12.1 Å². The van der Waals surface area contributed by atoms with E-state index in [1.165, 1.54) is 27.9 Å². The summed E-state index contributed by atoms with van der Waals surface area (Å²) in [5.74, 6) is -1.34. The lowest BCUT2D eigenvalue weighted by Gasteiger charge is -2.20. The molecule has 144 valence electrons. The Hall–Kier alpha value is -2.84. The minimum atomic E-state index is -4.48.